The van der Waals surface area contributed by atoms with Gasteiger partial charge in [-0.25, -0.2) is 4.98 Å². The van der Waals surface area contributed by atoms with E-state index in [1.54, 1.807) is 17.1 Å². The van der Waals surface area contributed by atoms with Crippen molar-refractivity contribution in [3.63, 3.8) is 0 Å². The van der Waals surface area contributed by atoms with E-state index >= 15 is 0 Å². The minimum Gasteiger partial charge on any atom is -0.338 e. The Morgan fingerprint density at radius 3 is 3.00 bits per heavy atom. The van der Waals surface area contributed by atoms with Gasteiger partial charge in [-0.1, -0.05) is 6.07 Å². The second-order valence-corrected chi connectivity index (χ2v) is 6.95. The van der Waals surface area contributed by atoms with E-state index in [1.165, 1.54) is 0 Å². The summed E-state index contributed by atoms with van der Waals surface area (Å²) in [4.78, 5) is 23.6. The van der Waals surface area contributed by atoms with Gasteiger partial charge in [0.15, 0.2) is 0 Å². The van der Waals surface area contributed by atoms with Crippen LogP contribution < -0.4 is 0 Å². The molecule has 140 valence electrons. The quantitative estimate of drug-likeness (QED) is 0.698. The molecule has 4 heterocycles. The highest BCUT2D eigenvalue weighted by Gasteiger charge is 2.28. The van der Waals surface area contributed by atoms with E-state index in [-0.39, 0.29) is 11.8 Å². The number of imidazole rings is 1. The molecule has 1 saturated heterocycles. The van der Waals surface area contributed by atoms with Crippen LogP contribution in [0.3, 0.4) is 0 Å². The molecule has 4 rings (SSSR count). The Hall–Kier alpha value is -2.96. The Bertz CT molecular complexity index is 900. The predicted molar refractivity (Wildman–Crippen MR) is 101 cm³/mol. The number of pyridine rings is 1. The number of hydrogen-bond acceptors (Lipinski definition) is 4. The molecule has 0 unspecified atom stereocenters. The zero-order chi connectivity index (χ0) is 18.6. The van der Waals surface area contributed by atoms with E-state index in [2.05, 4.69) is 25.7 Å². The van der Waals surface area contributed by atoms with Gasteiger partial charge in [0.1, 0.15) is 5.82 Å². The number of aryl methyl sites for hydroxylation is 1. The van der Waals surface area contributed by atoms with E-state index in [1.807, 2.05) is 42.7 Å². The normalized spacial score (nSPS) is 17.2. The molecule has 27 heavy (non-hydrogen) atoms. The number of carbonyl (C=O) groups is 1. The summed E-state index contributed by atoms with van der Waals surface area (Å²) in [6, 6.07) is 4.02. The molecular formula is C20H24N6O. The molecule has 0 N–H and O–H groups in total. The second-order valence-electron chi connectivity index (χ2n) is 6.95. The summed E-state index contributed by atoms with van der Waals surface area (Å²) in [6.07, 6.45) is 13.0. The summed E-state index contributed by atoms with van der Waals surface area (Å²) in [5.74, 6) is 1.35. The number of rotatable bonds is 5. The Labute approximate surface area is 158 Å². The maximum Gasteiger partial charge on any atom is 0.257 e. The molecule has 7 nitrogen and oxygen atoms in total. The summed E-state index contributed by atoms with van der Waals surface area (Å²) < 4.78 is 3.96. The van der Waals surface area contributed by atoms with Gasteiger partial charge in [0.05, 0.1) is 18.3 Å². The first-order chi connectivity index (χ1) is 13.2. The molecule has 0 bridgehead atoms. The Morgan fingerprint density at radius 1 is 1.30 bits per heavy atom. The fourth-order valence-corrected chi connectivity index (χ4v) is 3.70. The van der Waals surface area contributed by atoms with Gasteiger partial charge in [-0.05, 0) is 31.4 Å². The van der Waals surface area contributed by atoms with Crippen LogP contribution in [0.25, 0.3) is 0 Å². The van der Waals surface area contributed by atoms with Crippen molar-refractivity contribution in [3.05, 3.63) is 66.3 Å². The minimum atomic E-state index is 0.0600. The largest absolute Gasteiger partial charge is 0.338 e. The van der Waals surface area contributed by atoms with Crippen molar-refractivity contribution in [1.29, 1.82) is 0 Å². The first-order valence-corrected chi connectivity index (χ1v) is 9.46. The van der Waals surface area contributed by atoms with Gasteiger partial charge in [-0.15, -0.1) is 0 Å². The zero-order valence-electron chi connectivity index (χ0n) is 15.5. The van der Waals surface area contributed by atoms with Gasteiger partial charge in [-0.3, -0.25) is 14.5 Å². The average molecular weight is 364 g/mol. The number of piperidine rings is 1. The standard InChI is InChI=1S/C20H24N6O/c1-2-26-15-18(12-23-26)20(27)25-9-4-6-17(14-25)19-22-8-10-24(19)13-16-5-3-7-21-11-16/h3,5,7-8,10-12,15,17H,2,4,6,9,13-14H2,1H3/t17-/m1/s1. The van der Waals surface area contributed by atoms with E-state index in [4.69, 9.17) is 0 Å². The van der Waals surface area contributed by atoms with Gasteiger partial charge in [0, 0.05) is 56.5 Å². The van der Waals surface area contributed by atoms with Gasteiger partial charge in [0.2, 0.25) is 0 Å². The van der Waals surface area contributed by atoms with Gasteiger partial charge in [-0.2, -0.15) is 5.10 Å². The lowest BCUT2D eigenvalue weighted by molar-refractivity contribution is 0.0703. The third kappa shape index (κ3) is 3.77. The summed E-state index contributed by atoms with van der Waals surface area (Å²) in [7, 11) is 0. The minimum absolute atomic E-state index is 0.0600. The van der Waals surface area contributed by atoms with Crippen LogP contribution in [0, 0.1) is 0 Å². The second kappa shape index (κ2) is 7.73. The van der Waals surface area contributed by atoms with Crippen molar-refractivity contribution in [2.45, 2.75) is 38.8 Å². The van der Waals surface area contributed by atoms with E-state index in [0.29, 0.717) is 12.1 Å². The summed E-state index contributed by atoms with van der Waals surface area (Å²) >= 11 is 0. The highest BCUT2D eigenvalue weighted by molar-refractivity contribution is 5.93. The Kier molecular flexibility index (Phi) is 5.00. The molecule has 3 aromatic rings. The molecule has 1 fully saturated rings. The third-order valence-corrected chi connectivity index (χ3v) is 5.10. The van der Waals surface area contributed by atoms with Gasteiger partial charge < -0.3 is 9.47 Å². The Morgan fingerprint density at radius 2 is 2.22 bits per heavy atom. The van der Waals surface area contributed by atoms with Crippen LogP contribution in [0.4, 0.5) is 0 Å². The molecule has 1 atom stereocenters. The lowest BCUT2D eigenvalue weighted by Gasteiger charge is -2.32. The number of amides is 1. The molecule has 0 aromatic carbocycles. The number of nitrogens with zero attached hydrogens (tertiary/aromatic N) is 6. The van der Waals surface area contributed by atoms with Gasteiger partial charge in [0.25, 0.3) is 5.91 Å². The van der Waals surface area contributed by atoms with E-state index in [0.717, 1.165) is 43.9 Å². The molecule has 0 aliphatic carbocycles. The Balaban J connectivity index is 1.49. The van der Waals surface area contributed by atoms with Crippen molar-refractivity contribution in [1.82, 2.24) is 29.2 Å². The molecule has 7 heteroatoms. The fraction of sp³-hybridized carbons (Fsp3) is 0.400. The van der Waals surface area contributed by atoms with Crippen molar-refractivity contribution in [2.75, 3.05) is 13.1 Å². The van der Waals surface area contributed by atoms with Crippen molar-refractivity contribution >= 4 is 5.91 Å². The van der Waals surface area contributed by atoms with Crippen LogP contribution >= 0.6 is 0 Å². The van der Waals surface area contributed by atoms with Crippen LogP contribution in [0.5, 0.6) is 0 Å². The highest BCUT2D eigenvalue weighted by atomic mass is 16.2. The van der Waals surface area contributed by atoms with Crippen molar-refractivity contribution in [3.8, 4) is 0 Å². The third-order valence-electron chi connectivity index (χ3n) is 5.10. The van der Waals surface area contributed by atoms with E-state index in [9.17, 15) is 4.79 Å². The molecule has 1 aliphatic heterocycles. The highest BCUT2D eigenvalue weighted by Crippen LogP contribution is 2.27. The van der Waals surface area contributed by atoms with Crippen LogP contribution in [0.15, 0.2) is 49.3 Å². The topological polar surface area (TPSA) is 68.8 Å². The van der Waals surface area contributed by atoms with Crippen molar-refractivity contribution in [2.24, 2.45) is 0 Å². The van der Waals surface area contributed by atoms with Crippen LogP contribution in [-0.4, -0.2) is 48.2 Å². The summed E-state index contributed by atoms with van der Waals surface area (Å²) in [5.41, 5.74) is 1.81. The number of likely N-dealkylation sites (tertiary alicyclic amines) is 1. The summed E-state index contributed by atoms with van der Waals surface area (Å²) in [5, 5.41) is 4.23. The molecule has 0 saturated carbocycles. The molecular weight excluding hydrogens is 340 g/mol. The number of aromatic nitrogens is 5. The zero-order valence-corrected chi connectivity index (χ0v) is 15.5. The number of hydrogen-bond donors (Lipinski definition) is 0. The lowest BCUT2D eigenvalue weighted by atomic mass is 9.96. The van der Waals surface area contributed by atoms with Crippen LogP contribution in [0.2, 0.25) is 0 Å². The molecule has 0 radical (unpaired) electrons. The SMILES string of the molecule is CCn1cc(C(=O)N2CCC[C@@H](c3nccn3Cc3cccnc3)C2)cn1. The predicted octanol–water partition coefficient (Wildman–Crippen LogP) is 2.56. The number of carbonyl (C=O) groups excluding carboxylic acids is 1. The smallest absolute Gasteiger partial charge is 0.257 e. The molecule has 0 spiro atoms. The van der Waals surface area contributed by atoms with Crippen LogP contribution in [-0.2, 0) is 13.1 Å². The van der Waals surface area contributed by atoms with Crippen LogP contribution in [0.1, 0.15) is 47.4 Å². The van der Waals surface area contributed by atoms with Crippen molar-refractivity contribution < 1.29 is 4.79 Å². The van der Waals surface area contributed by atoms with Gasteiger partial charge >= 0.3 is 0 Å². The maximum atomic E-state index is 12.9. The first kappa shape index (κ1) is 17.5. The lowest BCUT2D eigenvalue weighted by Crippen LogP contribution is -2.39. The monoisotopic (exact) mass is 364 g/mol. The first-order valence-electron chi connectivity index (χ1n) is 9.46. The maximum absolute atomic E-state index is 12.9. The summed E-state index contributed by atoms with van der Waals surface area (Å²) in [6.45, 7) is 5.01. The van der Waals surface area contributed by atoms with E-state index < -0.39 is 0 Å². The molecule has 3 aromatic heterocycles. The average Bonchev–Trinajstić information content (AvgIpc) is 3.38. The molecule has 1 aliphatic rings. The fourth-order valence-electron chi connectivity index (χ4n) is 3.70. The molecule has 1 amide bonds.